The second-order valence-corrected chi connectivity index (χ2v) is 8.00. The number of nitrogens with zero attached hydrogens (tertiary/aromatic N) is 1. The average Bonchev–Trinajstić information content (AvgIpc) is 2.73. The van der Waals surface area contributed by atoms with E-state index in [0.717, 1.165) is 51.1 Å². The Morgan fingerprint density at radius 2 is 1.82 bits per heavy atom. The number of para-hydroxylation sites is 2. The van der Waals surface area contributed by atoms with Crippen molar-refractivity contribution < 1.29 is 19.8 Å². The molecule has 0 saturated carbocycles. The molecule has 1 aliphatic heterocycles. The Bertz CT molecular complexity index is 774. The minimum atomic E-state index is -0.444. The topological polar surface area (TPSA) is 57.4 Å². The van der Waals surface area contributed by atoms with Crippen LogP contribution in [-0.4, -0.2) is 55.6 Å². The molecule has 2 atom stereocenters. The summed E-state index contributed by atoms with van der Waals surface area (Å²) in [5, 5.41) is 20.5. The van der Waals surface area contributed by atoms with Crippen LogP contribution in [0.2, 0.25) is 0 Å². The van der Waals surface area contributed by atoms with Crippen LogP contribution >= 0.6 is 0 Å². The van der Waals surface area contributed by atoms with E-state index in [1.54, 1.807) is 6.07 Å². The Labute approximate surface area is 167 Å². The van der Waals surface area contributed by atoms with Gasteiger partial charge in [0.2, 0.25) is 0 Å². The molecular formula is C23H31N2O3+. The number of phenols is 1. The van der Waals surface area contributed by atoms with Crippen molar-refractivity contribution in [2.24, 2.45) is 0 Å². The molecule has 28 heavy (non-hydrogen) atoms. The number of fused-ring (bicyclic) bond motifs is 1. The van der Waals surface area contributed by atoms with Crippen LogP contribution in [0.25, 0.3) is 0 Å². The summed E-state index contributed by atoms with van der Waals surface area (Å²) < 4.78 is 6.11. The first-order valence-electron chi connectivity index (χ1n) is 10.4. The zero-order valence-electron chi connectivity index (χ0n) is 16.4. The van der Waals surface area contributed by atoms with E-state index in [9.17, 15) is 10.2 Å². The number of aromatic hydroxyl groups is 1. The summed E-state index contributed by atoms with van der Waals surface area (Å²) in [6.07, 6.45) is 2.99. The highest BCUT2D eigenvalue weighted by Gasteiger charge is 2.25. The first kappa shape index (κ1) is 19.2. The second-order valence-electron chi connectivity index (χ2n) is 8.00. The Hall–Kier alpha value is -2.08. The van der Waals surface area contributed by atoms with Gasteiger partial charge in [-0.2, -0.15) is 0 Å². The van der Waals surface area contributed by atoms with Crippen molar-refractivity contribution in [3.05, 3.63) is 59.7 Å². The number of nitrogens with one attached hydrogen (secondary N) is 1. The predicted octanol–water partition coefficient (Wildman–Crippen LogP) is 1.55. The number of phenolic OH excluding ortho intramolecular Hbond substituents is 1. The fourth-order valence-corrected chi connectivity index (χ4v) is 4.50. The van der Waals surface area contributed by atoms with Gasteiger partial charge < -0.3 is 24.7 Å². The molecule has 5 nitrogen and oxygen atoms in total. The van der Waals surface area contributed by atoms with Crippen molar-refractivity contribution in [2.75, 3.05) is 44.2 Å². The van der Waals surface area contributed by atoms with E-state index in [0.29, 0.717) is 18.9 Å². The van der Waals surface area contributed by atoms with E-state index in [1.807, 2.05) is 18.2 Å². The number of piperazine rings is 1. The van der Waals surface area contributed by atoms with Gasteiger partial charge in [-0.3, -0.25) is 0 Å². The number of aryl methyl sites for hydroxylation is 1. The van der Waals surface area contributed by atoms with Crippen molar-refractivity contribution in [2.45, 2.75) is 31.5 Å². The molecule has 1 saturated heterocycles. The maximum Gasteiger partial charge on any atom is 0.138 e. The monoisotopic (exact) mass is 383 g/mol. The third-order valence-corrected chi connectivity index (χ3v) is 6.02. The van der Waals surface area contributed by atoms with Gasteiger partial charge in [0, 0.05) is 0 Å². The smallest absolute Gasteiger partial charge is 0.138 e. The molecular weight excluding hydrogens is 352 g/mol. The van der Waals surface area contributed by atoms with Crippen LogP contribution in [0.15, 0.2) is 48.5 Å². The van der Waals surface area contributed by atoms with E-state index < -0.39 is 6.10 Å². The quantitative estimate of drug-likeness (QED) is 0.709. The summed E-state index contributed by atoms with van der Waals surface area (Å²) in [6.45, 7) is 4.79. The van der Waals surface area contributed by atoms with Crippen molar-refractivity contribution in [3.63, 3.8) is 0 Å². The summed E-state index contributed by atoms with van der Waals surface area (Å²) in [5.41, 5.74) is 3.59. The lowest BCUT2D eigenvalue weighted by molar-refractivity contribution is -0.903. The molecule has 0 spiro atoms. The lowest BCUT2D eigenvalue weighted by Gasteiger charge is -2.35. The highest BCUT2D eigenvalue weighted by Crippen LogP contribution is 2.32. The molecule has 2 aromatic rings. The SMILES string of the molecule is Oc1ccccc1N1CC[NH+](C[C@H](O)CO[C@@H]2CCCc3ccccc32)CC1. The van der Waals surface area contributed by atoms with Gasteiger partial charge >= 0.3 is 0 Å². The molecule has 0 unspecified atom stereocenters. The molecule has 1 heterocycles. The Balaban J connectivity index is 1.23. The summed E-state index contributed by atoms with van der Waals surface area (Å²) in [4.78, 5) is 3.62. The third kappa shape index (κ3) is 4.49. The summed E-state index contributed by atoms with van der Waals surface area (Å²) in [7, 11) is 0. The molecule has 0 aromatic heterocycles. The van der Waals surface area contributed by atoms with Crippen molar-refractivity contribution >= 4 is 5.69 Å². The van der Waals surface area contributed by atoms with Crippen LogP contribution < -0.4 is 9.80 Å². The van der Waals surface area contributed by atoms with Crippen molar-refractivity contribution in [1.29, 1.82) is 0 Å². The molecule has 1 fully saturated rings. The molecule has 5 heteroatoms. The molecule has 3 N–H and O–H groups in total. The zero-order chi connectivity index (χ0) is 19.3. The number of rotatable bonds is 6. The predicted molar refractivity (Wildman–Crippen MR) is 110 cm³/mol. The summed E-state index contributed by atoms with van der Waals surface area (Å²) in [6, 6.07) is 16.0. The highest BCUT2D eigenvalue weighted by atomic mass is 16.5. The minimum absolute atomic E-state index is 0.118. The van der Waals surface area contributed by atoms with E-state index >= 15 is 0 Å². The number of anilines is 1. The first-order chi connectivity index (χ1) is 13.7. The highest BCUT2D eigenvalue weighted by molar-refractivity contribution is 5.57. The lowest BCUT2D eigenvalue weighted by atomic mass is 9.89. The number of quaternary nitrogens is 1. The number of aliphatic hydroxyl groups excluding tert-OH is 1. The molecule has 0 bridgehead atoms. The maximum absolute atomic E-state index is 10.5. The van der Waals surface area contributed by atoms with E-state index in [-0.39, 0.29) is 6.10 Å². The van der Waals surface area contributed by atoms with Gasteiger partial charge in [-0.25, -0.2) is 0 Å². The van der Waals surface area contributed by atoms with Crippen LogP contribution in [-0.2, 0) is 11.2 Å². The fourth-order valence-electron chi connectivity index (χ4n) is 4.50. The Morgan fingerprint density at radius 1 is 1.07 bits per heavy atom. The summed E-state index contributed by atoms with van der Waals surface area (Å²) >= 11 is 0. The standard InChI is InChI=1S/C23H30N2O3/c26-19(17-28-23-11-5-7-18-6-1-2-8-20(18)23)16-24-12-14-25(15-13-24)21-9-3-4-10-22(21)27/h1-4,6,8-10,19,23,26-27H,5,7,11-17H2/p+1/t19-,23+/m0/s1. The average molecular weight is 384 g/mol. The molecule has 0 radical (unpaired) electrons. The molecule has 4 rings (SSSR count). The molecule has 2 aliphatic rings. The molecule has 150 valence electrons. The van der Waals surface area contributed by atoms with E-state index in [2.05, 4.69) is 29.2 Å². The van der Waals surface area contributed by atoms with E-state index in [4.69, 9.17) is 4.74 Å². The van der Waals surface area contributed by atoms with Crippen molar-refractivity contribution in [3.8, 4) is 5.75 Å². The van der Waals surface area contributed by atoms with Gasteiger partial charge in [-0.05, 0) is 42.5 Å². The van der Waals surface area contributed by atoms with Crippen LogP contribution in [0.1, 0.15) is 30.1 Å². The van der Waals surface area contributed by atoms with Gasteiger partial charge in [0.15, 0.2) is 0 Å². The number of hydrogen-bond donors (Lipinski definition) is 3. The van der Waals surface area contributed by atoms with E-state index in [1.165, 1.54) is 16.0 Å². The maximum atomic E-state index is 10.5. The zero-order valence-corrected chi connectivity index (χ0v) is 16.4. The normalized spacial score (nSPS) is 21.3. The van der Waals surface area contributed by atoms with Gasteiger partial charge in [-0.1, -0.05) is 36.4 Å². The van der Waals surface area contributed by atoms with Gasteiger partial charge in [0.25, 0.3) is 0 Å². The van der Waals surface area contributed by atoms with Gasteiger partial charge in [0.1, 0.15) is 18.4 Å². The molecule has 2 aromatic carbocycles. The number of hydrogen-bond acceptors (Lipinski definition) is 4. The largest absolute Gasteiger partial charge is 0.506 e. The molecule has 0 amide bonds. The van der Waals surface area contributed by atoms with Gasteiger partial charge in [-0.15, -0.1) is 0 Å². The first-order valence-corrected chi connectivity index (χ1v) is 10.4. The van der Waals surface area contributed by atoms with Gasteiger partial charge in [0.05, 0.1) is 44.6 Å². The van der Waals surface area contributed by atoms with Crippen LogP contribution in [0.3, 0.4) is 0 Å². The number of aliphatic hydroxyl groups is 1. The van der Waals surface area contributed by atoms with Crippen molar-refractivity contribution in [1.82, 2.24) is 0 Å². The lowest BCUT2D eigenvalue weighted by Crippen LogP contribution is -3.16. The number of benzene rings is 2. The Kier molecular flexibility index (Phi) is 6.15. The van der Waals surface area contributed by atoms with Crippen LogP contribution in [0.4, 0.5) is 5.69 Å². The molecule has 1 aliphatic carbocycles. The number of ether oxygens (including phenoxy) is 1. The summed E-state index contributed by atoms with van der Waals surface area (Å²) in [5.74, 6) is 0.340. The van der Waals surface area contributed by atoms with Crippen LogP contribution in [0, 0.1) is 0 Å². The third-order valence-electron chi connectivity index (χ3n) is 6.02. The van der Waals surface area contributed by atoms with Crippen LogP contribution in [0.5, 0.6) is 5.75 Å². The minimum Gasteiger partial charge on any atom is -0.506 e. The second kappa shape index (κ2) is 8.95. The fraction of sp³-hybridized carbons (Fsp3) is 0.478. The Morgan fingerprint density at radius 3 is 2.64 bits per heavy atom.